The van der Waals surface area contributed by atoms with Crippen LogP contribution in [0.5, 0.6) is 0 Å². The Morgan fingerprint density at radius 2 is 1.96 bits per heavy atom. The molecule has 1 aromatic carbocycles. The number of aromatic amines is 1. The molecule has 0 atom stereocenters. The van der Waals surface area contributed by atoms with E-state index in [9.17, 15) is 14.9 Å². The average molecular weight is 416 g/mol. The summed E-state index contributed by atoms with van der Waals surface area (Å²) in [6, 6.07) is 7.16. The number of nitrogens with zero attached hydrogens (tertiary/aromatic N) is 4. The van der Waals surface area contributed by atoms with Gasteiger partial charge in [0.25, 0.3) is 5.91 Å². The van der Waals surface area contributed by atoms with E-state index in [0.717, 1.165) is 5.56 Å². The number of carbonyl (C=O) groups excluding carboxylic acids is 1. The van der Waals surface area contributed by atoms with Gasteiger partial charge in [-0.2, -0.15) is 5.10 Å². The van der Waals surface area contributed by atoms with Crippen LogP contribution in [0.25, 0.3) is 0 Å². The lowest BCUT2D eigenvalue weighted by Gasteiger charge is -2.02. The number of halogens is 3. The molecule has 0 aliphatic rings. The monoisotopic (exact) mass is 414 g/mol. The molecule has 0 saturated heterocycles. The van der Waals surface area contributed by atoms with Gasteiger partial charge in [-0.15, -0.1) is 5.10 Å². The molecule has 0 aliphatic heterocycles. The molecule has 0 aliphatic carbocycles. The standard InChI is InChI=1S/C14H9Cl3N6O3/c15-8-3-1-7(2-4-8)5-22-6-9(16)12(21-22)18-14(24)11-10(17)13(20-19-11)23(25)26/h1-4,6H,5H2,(H,19,20)(H,18,21,24). The van der Waals surface area contributed by atoms with E-state index < -0.39 is 21.7 Å². The molecule has 134 valence electrons. The molecular formula is C14H9Cl3N6O3. The van der Waals surface area contributed by atoms with Crippen LogP contribution in [0, 0.1) is 10.1 Å². The van der Waals surface area contributed by atoms with E-state index in [1.807, 2.05) is 12.1 Å². The molecule has 26 heavy (non-hydrogen) atoms. The van der Waals surface area contributed by atoms with Crippen LogP contribution in [0.2, 0.25) is 15.1 Å². The van der Waals surface area contributed by atoms with Crippen molar-refractivity contribution in [2.75, 3.05) is 5.32 Å². The van der Waals surface area contributed by atoms with Crippen LogP contribution < -0.4 is 5.32 Å². The topological polar surface area (TPSA) is 119 Å². The lowest BCUT2D eigenvalue weighted by atomic mass is 10.2. The number of benzene rings is 1. The van der Waals surface area contributed by atoms with Crippen LogP contribution >= 0.6 is 34.8 Å². The fraction of sp³-hybridized carbons (Fsp3) is 0.0714. The first kappa shape index (κ1) is 18.2. The van der Waals surface area contributed by atoms with Crippen LogP contribution in [-0.4, -0.2) is 30.8 Å². The summed E-state index contributed by atoms with van der Waals surface area (Å²) in [6.45, 7) is 0.404. The van der Waals surface area contributed by atoms with Gasteiger partial charge in [0.2, 0.25) is 0 Å². The van der Waals surface area contributed by atoms with Crippen LogP contribution in [-0.2, 0) is 6.54 Å². The van der Waals surface area contributed by atoms with Crippen LogP contribution in [0.15, 0.2) is 30.5 Å². The lowest BCUT2D eigenvalue weighted by molar-refractivity contribution is -0.389. The van der Waals surface area contributed by atoms with Crippen molar-refractivity contribution in [3.8, 4) is 0 Å². The first-order valence-electron chi connectivity index (χ1n) is 7.02. The zero-order valence-electron chi connectivity index (χ0n) is 12.7. The number of H-pyrrole nitrogens is 1. The number of nitro groups is 1. The summed E-state index contributed by atoms with van der Waals surface area (Å²) in [6.07, 6.45) is 1.53. The second kappa shape index (κ2) is 7.32. The van der Waals surface area contributed by atoms with Crippen molar-refractivity contribution >= 4 is 52.3 Å². The molecule has 0 saturated carbocycles. The Balaban J connectivity index is 1.76. The molecule has 2 aromatic heterocycles. The molecule has 0 spiro atoms. The first-order chi connectivity index (χ1) is 12.3. The van der Waals surface area contributed by atoms with Crippen molar-refractivity contribution in [1.29, 1.82) is 0 Å². The number of hydrogen-bond donors (Lipinski definition) is 2. The summed E-state index contributed by atoms with van der Waals surface area (Å²) >= 11 is 17.7. The van der Waals surface area contributed by atoms with Crippen molar-refractivity contribution in [2.45, 2.75) is 6.54 Å². The summed E-state index contributed by atoms with van der Waals surface area (Å²) in [5.41, 5.74) is 0.596. The Morgan fingerprint density at radius 1 is 1.27 bits per heavy atom. The van der Waals surface area contributed by atoms with Gasteiger partial charge in [0, 0.05) is 11.2 Å². The molecule has 3 aromatic rings. The summed E-state index contributed by atoms with van der Waals surface area (Å²) in [5, 5.41) is 23.4. The lowest BCUT2D eigenvalue weighted by Crippen LogP contribution is -2.14. The maximum Gasteiger partial charge on any atom is 0.362 e. The average Bonchev–Trinajstić information content (AvgIpc) is 3.12. The minimum absolute atomic E-state index is 0.0762. The SMILES string of the molecule is O=C(Nc1nn(Cc2ccc(Cl)cc2)cc1Cl)c1n[nH]c([N+](=O)[O-])c1Cl. The summed E-state index contributed by atoms with van der Waals surface area (Å²) in [5.74, 6) is -1.28. The maximum absolute atomic E-state index is 12.2. The Labute approximate surface area is 161 Å². The largest absolute Gasteiger partial charge is 0.362 e. The van der Waals surface area contributed by atoms with Gasteiger partial charge >= 0.3 is 5.82 Å². The minimum Gasteiger partial charge on any atom is -0.358 e. The molecule has 0 radical (unpaired) electrons. The molecular weight excluding hydrogens is 407 g/mol. The molecule has 3 rings (SSSR count). The van der Waals surface area contributed by atoms with Gasteiger partial charge in [0.1, 0.15) is 5.02 Å². The molecule has 12 heteroatoms. The van der Waals surface area contributed by atoms with Gasteiger partial charge in [-0.25, -0.2) is 0 Å². The van der Waals surface area contributed by atoms with Gasteiger partial charge in [0.15, 0.2) is 16.5 Å². The number of aromatic nitrogens is 4. The normalized spacial score (nSPS) is 10.7. The third-order valence-corrected chi connectivity index (χ3v) is 4.18. The van der Waals surface area contributed by atoms with E-state index in [0.29, 0.717) is 11.6 Å². The predicted molar refractivity (Wildman–Crippen MR) is 96.0 cm³/mol. The molecule has 1 amide bonds. The predicted octanol–water partition coefficient (Wildman–Crippen LogP) is 3.78. The molecule has 2 heterocycles. The van der Waals surface area contributed by atoms with Crippen molar-refractivity contribution in [3.63, 3.8) is 0 Å². The second-order valence-electron chi connectivity index (χ2n) is 5.10. The van der Waals surface area contributed by atoms with Crippen LogP contribution in [0.3, 0.4) is 0 Å². The molecule has 9 nitrogen and oxygen atoms in total. The van der Waals surface area contributed by atoms with Crippen LogP contribution in [0.4, 0.5) is 11.6 Å². The summed E-state index contributed by atoms with van der Waals surface area (Å²) in [7, 11) is 0. The van der Waals surface area contributed by atoms with Gasteiger partial charge < -0.3 is 15.4 Å². The highest BCUT2D eigenvalue weighted by molar-refractivity contribution is 6.36. The highest BCUT2D eigenvalue weighted by Gasteiger charge is 2.26. The number of carbonyl (C=O) groups is 1. The molecule has 2 N–H and O–H groups in total. The van der Waals surface area contributed by atoms with E-state index in [2.05, 4.69) is 20.6 Å². The second-order valence-corrected chi connectivity index (χ2v) is 6.32. The zero-order chi connectivity index (χ0) is 18.8. The number of anilines is 1. The Morgan fingerprint density at radius 3 is 2.58 bits per heavy atom. The first-order valence-corrected chi connectivity index (χ1v) is 8.15. The Bertz CT molecular complexity index is 982. The maximum atomic E-state index is 12.2. The fourth-order valence-corrected chi connectivity index (χ4v) is 2.66. The van der Waals surface area contributed by atoms with E-state index in [1.165, 1.54) is 10.9 Å². The van der Waals surface area contributed by atoms with E-state index in [4.69, 9.17) is 34.8 Å². The molecule has 0 fully saturated rings. The number of rotatable bonds is 5. The smallest absolute Gasteiger partial charge is 0.358 e. The van der Waals surface area contributed by atoms with Gasteiger partial charge in [-0.1, -0.05) is 52.0 Å². The minimum atomic E-state index is -0.780. The Kier molecular flexibility index (Phi) is 5.12. The molecule has 0 bridgehead atoms. The van der Waals surface area contributed by atoms with E-state index >= 15 is 0 Å². The number of nitrogens with one attached hydrogen (secondary N) is 2. The number of amides is 1. The van der Waals surface area contributed by atoms with E-state index in [1.54, 1.807) is 12.1 Å². The zero-order valence-corrected chi connectivity index (χ0v) is 15.0. The van der Waals surface area contributed by atoms with Crippen molar-refractivity contribution < 1.29 is 9.72 Å². The summed E-state index contributed by atoms with van der Waals surface area (Å²) < 4.78 is 1.52. The quantitative estimate of drug-likeness (QED) is 0.485. The van der Waals surface area contributed by atoms with E-state index in [-0.39, 0.29) is 16.5 Å². The van der Waals surface area contributed by atoms with Crippen molar-refractivity contribution in [3.05, 3.63) is 66.9 Å². The third kappa shape index (κ3) is 3.79. The fourth-order valence-electron chi connectivity index (χ4n) is 2.10. The van der Waals surface area contributed by atoms with Gasteiger partial charge in [-0.3, -0.25) is 9.48 Å². The van der Waals surface area contributed by atoms with Gasteiger partial charge in [-0.05, 0) is 22.6 Å². The third-order valence-electron chi connectivity index (χ3n) is 3.29. The highest BCUT2D eigenvalue weighted by atomic mass is 35.5. The summed E-state index contributed by atoms with van der Waals surface area (Å²) in [4.78, 5) is 22.2. The van der Waals surface area contributed by atoms with Gasteiger partial charge in [0.05, 0.1) is 6.54 Å². The Hall–Kier alpha value is -2.62. The number of hydrogen-bond acceptors (Lipinski definition) is 5. The highest BCUT2D eigenvalue weighted by Crippen LogP contribution is 2.26. The van der Waals surface area contributed by atoms with Crippen molar-refractivity contribution in [1.82, 2.24) is 20.0 Å². The van der Waals surface area contributed by atoms with Crippen LogP contribution in [0.1, 0.15) is 16.1 Å². The molecule has 0 unspecified atom stereocenters. The van der Waals surface area contributed by atoms with Crippen molar-refractivity contribution in [2.24, 2.45) is 0 Å².